The minimum atomic E-state index is -0.971. The van der Waals surface area contributed by atoms with Crippen LogP contribution in [0.15, 0.2) is 54.6 Å². The summed E-state index contributed by atoms with van der Waals surface area (Å²) in [4.78, 5) is 36.8. The molecule has 0 spiro atoms. The van der Waals surface area contributed by atoms with Gasteiger partial charge in [-0.15, -0.1) is 0 Å². The second-order valence-corrected chi connectivity index (χ2v) is 7.09. The maximum atomic E-state index is 12.5. The number of hydrogen-bond acceptors (Lipinski definition) is 5. The van der Waals surface area contributed by atoms with Crippen molar-refractivity contribution in [3.05, 3.63) is 70.3 Å². The summed E-state index contributed by atoms with van der Waals surface area (Å²) in [6.07, 6.45) is 0.892. The van der Waals surface area contributed by atoms with Crippen molar-refractivity contribution in [2.24, 2.45) is 0 Å². The molecule has 2 N–H and O–H groups in total. The lowest BCUT2D eigenvalue weighted by molar-refractivity contribution is -0.384. The van der Waals surface area contributed by atoms with Gasteiger partial charge in [0.05, 0.1) is 10.3 Å². The van der Waals surface area contributed by atoms with Crippen LogP contribution in [-0.2, 0) is 15.0 Å². The van der Waals surface area contributed by atoms with E-state index < -0.39 is 16.3 Å². The number of nitrogens with one attached hydrogen (secondary N) is 1. The van der Waals surface area contributed by atoms with Crippen LogP contribution in [0.5, 0.6) is 0 Å². The van der Waals surface area contributed by atoms with Crippen molar-refractivity contribution in [2.45, 2.75) is 24.7 Å². The first-order valence-electron chi connectivity index (χ1n) is 9.48. The first kappa shape index (κ1) is 20.3. The zero-order chi connectivity index (χ0) is 20.9. The Morgan fingerprint density at radius 1 is 1.07 bits per heavy atom. The molecule has 2 aromatic carbocycles. The quantitative estimate of drug-likeness (QED) is 0.548. The number of anilines is 1. The Morgan fingerprint density at radius 2 is 1.69 bits per heavy atom. The van der Waals surface area contributed by atoms with Gasteiger partial charge >= 0.3 is 5.97 Å². The summed E-state index contributed by atoms with van der Waals surface area (Å²) in [6.45, 7) is 1.000. The van der Waals surface area contributed by atoms with E-state index in [4.69, 9.17) is 0 Å². The minimum absolute atomic E-state index is 0.0352. The monoisotopic (exact) mass is 397 g/mol. The summed E-state index contributed by atoms with van der Waals surface area (Å²) in [5.41, 5.74) is 0.128. The Kier molecular flexibility index (Phi) is 6.11. The van der Waals surface area contributed by atoms with Gasteiger partial charge in [-0.3, -0.25) is 19.7 Å². The van der Waals surface area contributed by atoms with Gasteiger partial charge in [0.2, 0.25) is 5.91 Å². The maximum absolute atomic E-state index is 12.5. The van der Waals surface area contributed by atoms with Gasteiger partial charge in [0, 0.05) is 32.1 Å². The molecule has 152 valence electrons. The van der Waals surface area contributed by atoms with E-state index in [0.717, 1.165) is 5.56 Å². The number of carbonyl (C=O) groups is 2. The van der Waals surface area contributed by atoms with Crippen molar-refractivity contribution in [1.82, 2.24) is 4.90 Å². The summed E-state index contributed by atoms with van der Waals surface area (Å²) in [7, 11) is 0. The van der Waals surface area contributed by atoms with Gasteiger partial charge in [0.15, 0.2) is 0 Å². The summed E-state index contributed by atoms with van der Waals surface area (Å²) < 4.78 is 0. The molecule has 0 atom stereocenters. The van der Waals surface area contributed by atoms with Crippen molar-refractivity contribution < 1.29 is 19.6 Å². The molecule has 1 aliphatic rings. The fourth-order valence-corrected chi connectivity index (χ4v) is 3.77. The van der Waals surface area contributed by atoms with Gasteiger partial charge in [-0.25, -0.2) is 0 Å². The lowest BCUT2D eigenvalue weighted by Crippen LogP contribution is -2.49. The number of nitro benzene ring substituents is 1. The summed E-state index contributed by atoms with van der Waals surface area (Å²) in [6, 6.07) is 15.4. The molecule has 0 aliphatic carbocycles. The second-order valence-electron chi connectivity index (χ2n) is 7.09. The average molecular weight is 397 g/mol. The summed E-state index contributed by atoms with van der Waals surface area (Å²) in [5, 5.41) is 23.8. The van der Waals surface area contributed by atoms with Crippen molar-refractivity contribution in [3.8, 4) is 0 Å². The van der Waals surface area contributed by atoms with E-state index in [0.29, 0.717) is 31.6 Å². The van der Waals surface area contributed by atoms with Crippen LogP contribution in [0.1, 0.15) is 24.8 Å². The van der Waals surface area contributed by atoms with Crippen LogP contribution in [0.4, 0.5) is 11.4 Å². The van der Waals surface area contributed by atoms with E-state index in [2.05, 4.69) is 5.32 Å². The first-order chi connectivity index (χ1) is 13.9. The van der Waals surface area contributed by atoms with Crippen molar-refractivity contribution >= 4 is 23.3 Å². The van der Waals surface area contributed by atoms with Crippen LogP contribution < -0.4 is 5.32 Å². The van der Waals surface area contributed by atoms with E-state index in [9.17, 15) is 24.8 Å². The lowest BCUT2D eigenvalue weighted by atomic mass is 9.73. The largest absolute Gasteiger partial charge is 0.481 e. The average Bonchev–Trinajstić information content (AvgIpc) is 2.74. The molecule has 0 saturated carbocycles. The first-order valence-corrected chi connectivity index (χ1v) is 9.48. The molecule has 0 radical (unpaired) electrons. The molecule has 8 nitrogen and oxygen atoms in total. The molecule has 0 aromatic heterocycles. The Labute approximate surface area is 168 Å². The van der Waals surface area contributed by atoms with Crippen LogP contribution >= 0.6 is 0 Å². The van der Waals surface area contributed by atoms with Crippen LogP contribution in [-0.4, -0.2) is 46.4 Å². The number of rotatable bonds is 7. The van der Waals surface area contributed by atoms with Gasteiger partial charge in [0.1, 0.15) is 5.69 Å². The number of carboxylic acids is 1. The third kappa shape index (κ3) is 4.37. The van der Waals surface area contributed by atoms with Crippen molar-refractivity contribution in [2.75, 3.05) is 25.0 Å². The molecule has 1 fully saturated rings. The van der Waals surface area contributed by atoms with Gasteiger partial charge in [0.25, 0.3) is 5.69 Å². The highest BCUT2D eigenvalue weighted by molar-refractivity contribution is 5.83. The van der Waals surface area contributed by atoms with Crippen molar-refractivity contribution in [3.63, 3.8) is 0 Å². The van der Waals surface area contributed by atoms with Gasteiger partial charge in [-0.05, 0) is 24.5 Å². The number of nitrogens with zero attached hydrogens (tertiary/aromatic N) is 2. The maximum Gasteiger partial charge on any atom is 0.314 e. The number of hydrogen-bond donors (Lipinski definition) is 2. The molecule has 29 heavy (non-hydrogen) atoms. The number of piperidine rings is 1. The zero-order valence-corrected chi connectivity index (χ0v) is 15.9. The molecule has 3 rings (SSSR count). The van der Waals surface area contributed by atoms with Gasteiger partial charge < -0.3 is 15.3 Å². The molecular formula is C21H23N3O5. The normalized spacial score (nSPS) is 15.5. The molecular weight excluding hydrogens is 374 g/mol. The number of aliphatic carboxylic acids is 1. The Balaban J connectivity index is 1.56. The molecule has 0 unspecified atom stereocenters. The number of likely N-dealkylation sites (tertiary alicyclic amines) is 1. The Morgan fingerprint density at radius 3 is 2.31 bits per heavy atom. The fraction of sp³-hybridized carbons (Fsp3) is 0.333. The molecule has 1 saturated heterocycles. The van der Waals surface area contributed by atoms with Crippen molar-refractivity contribution in [1.29, 1.82) is 0 Å². The SMILES string of the molecule is O=C(CCNc1ccccc1[N+](=O)[O-])N1CCC(C(=O)O)(c2ccccc2)CC1. The number of nitro groups is 1. The standard InChI is InChI=1S/C21H23N3O5/c25-19(10-13-22-17-8-4-5-9-18(17)24(28)29)23-14-11-21(12-15-23,20(26)27)16-6-2-1-3-7-16/h1-9,22H,10-15H2,(H,26,27). The van der Waals surface area contributed by atoms with Crippen LogP contribution in [0.3, 0.4) is 0 Å². The Bertz CT molecular complexity index is 892. The zero-order valence-electron chi connectivity index (χ0n) is 15.9. The highest BCUT2D eigenvalue weighted by Crippen LogP contribution is 2.36. The lowest BCUT2D eigenvalue weighted by Gasteiger charge is -2.39. The number of carbonyl (C=O) groups excluding carboxylic acids is 1. The van der Waals surface area contributed by atoms with Crippen LogP contribution in [0.2, 0.25) is 0 Å². The van der Waals surface area contributed by atoms with E-state index in [1.807, 2.05) is 30.3 Å². The van der Waals surface area contributed by atoms with E-state index in [-0.39, 0.29) is 24.6 Å². The van der Waals surface area contributed by atoms with E-state index >= 15 is 0 Å². The van der Waals surface area contributed by atoms with Crippen LogP contribution in [0.25, 0.3) is 0 Å². The highest BCUT2D eigenvalue weighted by Gasteiger charge is 2.43. The minimum Gasteiger partial charge on any atom is -0.481 e. The van der Waals surface area contributed by atoms with Gasteiger partial charge in [-0.2, -0.15) is 0 Å². The molecule has 1 heterocycles. The van der Waals surface area contributed by atoms with E-state index in [1.54, 1.807) is 23.1 Å². The molecule has 0 bridgehead atoms. The molecule has 8 heteroatoms. The predicted molar refractivity (Wildman–Crippen MR) is 108 cm³/mol. The van der Waals surface area contributed by atoms with E-state index in [1.165, 1.54) is 6.07 Å². The number of amides is 1. The predicted octanol–water partition coefficient (Wildman–Crippen LogP) is 3.04. The number of carboxylic acid groups (broad SMARTS) is 1. The number of para-hydroxylation sites is 2. The summed E-state index contributed by atoms with van der Waals surface area (Å²) in [5.74, 6) is -0.961. The second kappa shape index (κ2) is 8.72. The highest BCUT2D eigenvalue weighted by atomic mass is 16.6. The number of benzene rings is 2. The fourth-order valence-electron chi connectivity index (χ4n) is 3.77. The molecule has 1 amide bonds. The topological polar surface area (TPSA) is 113 Å². The molecule has 1 aliphatic heterocycles. The summed E-state index contributed by atoms with van der Waals surface area (Å²) >= 11 is 0. The third-order valence-electron chi connectivity index (χ3n) is 5.46. The van der Waals surface area contributed by atoms with Crippen LogP contribution in [0, 0.1) is 10.1 Å². The van der Waals surface area contributed by atoms with Gasteiger partial charge in [-0.1, -0.05) is 42.5 Å². The smallest absolute Gasteiger partial charge is 0.314 e. The molecule has 2 aromatic rings. The third-order valence-corrected chi connectivity index (χ3v) is 5.46. The Hall–Kier alpha value is -3.42.